The average Bonchev–Trinajstić information content (AvgIpc) is 2.65. The molecule has 1 fully saturated rings. The fraction of sp³-hybridized carbons (Fsp3) is 0.632. The highest BCUT2D eigenvalue weighted by atomic mass is 32.2. The van der Waals surface area contributed by atoms with Crippen molar-refractivity contribution in [1.29, 1.82) is 0 Å². The lowest BCUT2D eigenvalue weighted by atomic mass is 9.99. The van der Waals surface area contributed by atoms with Crippen molar-refractivity contribution in [3.63, 3.8) is 0 Å². The Morgan fingerprint density at radius 3 is 2.59 bits per heavy atom. The Labute approximate surface area is 163 Å². The van der Waals surface area contributed by atoms with Crippen molar-refractivity contribution >= 4 is 17.7 Å². The van der Waals surface area contributed by atoms with Crippen molar-refractivity contribution in [2.24, 2.45) is 4.99 Å². The summed E-state index contributed by atoms with van der Waals surface area (Å²) in [4.78, 5) is 4.47. The normalized spacial score (nSPS) is 17.6. The first kappa shape index (κ1) is 21.9. The minimum atomic E-state index is -4.34. The summed E-state index contributed by atoms with van der Waals surface area (Å²) in [5, 5.41) is 6.54. The van der Waals surface area contributed by atoms with Gasteiger partial charge in [0.05, 0.1) is 12.1 Å². The van der Waals surface area contributed by atoms with Gasteiger partial charge in [-0.05, 0) is 43.2 Å². The number of thioether (sulfide) groups is 1. The van der Waals surface area contributed by atoms with E-state index >= 15 is 0 Å². The van der Waals surface area contributed by atoms with Gasteiger partial charge in [0.1, 0.15) is 0 Å². The van der Waals surface area contributed by atoms with Gasteiger partial charge >= 0.3 is 6.18 Å². The quantitative estimate of drug-likeness (QED) is 0.532. The van der Waals surface area contributed by atoms with E-state index in [-0.39, 0.29) is 11.3 Å². The molecule has 1 aromatic carbocycles. The summed E-state index contributed by atoms with van der Waals surface area (Å²) in [7, 11) is 0. The molecule has 0 atom stereocenters. The molecule has 0 aromatic heterocycles. The predicted octanol–water partition coefficient (Wildman–Crippen LogP) is 4.06. The molecule has 2 N–H and O–H groups in total. The summed E-state index contributed by atoms with van der Waals surface area (Å²) in [5.74, 6) is 1.65. The number of hydrogen-bond acceptors (Lipinski definition) is 3. The summed E-state index contributed by atoms with van der Waals surface area (Å²) >= 11 is 1.93. The van der Waals surface area contributed by atoms with Crippen LogP contribution >= 0.6 is 11.8 Å². The predicted molar refractivity (Wildman–Crippen MR) is 105 cm³/mol. The number of rotatable bonds is 7. The van der Waals surface area contributed by atoms with Crippen molar-refractivity contribution in [3.8, 4) is 0 Å². The Bertz CT molecular complexity index is 611. The number of alkyl halides is 3. The SMILES string of the molecule is CCNC(=NCc1cccc(C(F)(F)F)c1)NCC1(SCC)CCOCC1. The van der Waals surface area contributed by atoms with Crippen LogP contribution in [0, 0.1) is 0 Å². The Morgan fingerprint density at radius 2 is 1.96 bits per heavy atom. The molecule has 1 saturated heterocycles. The minimum Gasteiger partial charge on any atom is -0.381 e. The van der Waals surface area contributed by atoms with Crippen LogP contribution in [0.1, 0.15) is 37.8 Å². The number of halogens is 3. The Hall–Kier alpha value is -1.41. The number of nitrogens with zero attached hydrogens (tertiary/aromatic N) is 1. The smallest absolute Gasteiger partial charge is 0.381 e. The molecule has 0 unspecified atom stereocenters. The zero-order chi connectivity index (χ0) is 19.8. The van der Waals surface area contributed by atoms with E-state index in [1.807, 2.05) is 18.7 Å². The van der Waals surface area contributed by atoms with E-state index in [1.54, 1.807) is 6.07 Å². The van der Waals surface area contributed by atoms with Crippen LogP contribution in [0.15, 0.2) is 29.3 Å². The van der Waals surface area contributed by atoms with Gasteiger partial charge in [-0.2, -0.15) is 24.9 Å². The Kier molecular flexibility index (Phi) is 8.28. The molecule has 1 aromatic rings. The van der Waals surface area contributed by atoms with Gasteiger partial charge in [-0.15, -0.1) is 0 Å². The van der Waals surface area contributed by atoms with E-state index in [4.69, 9.17) is 4.74 Å². The summed E-state index contributed by atoms with van der Waals surface area (Å²) in [6.07, 6.45) is -2.38. The van der Waals surface area contributed by atoms with E-state index in [2.05, 4.69) is 22.5 Å². The molecular weight excluding hydrogens is 375 g/mol. The third kappa shape index (κ3) is 6.92. The summed E-state index contributed by atoms with van der Waals surface area (Å²) in [6, 6.07) is 5.31. The van der Waals surface area contributed by atoms with Gasteiger partial charge in [-0.25, -0.2) is 4.99 Å². The number of aliphatic imine (C=N–C) groups is 1. The first-order chi connectivity index (χ1) is 12.9. The van der Waals surface area contributed by atoms with Gasteiger partial charge in [0.25, 0.3) is 0 Å². The molecule has 152 valence electrons. The van der Waals surface area contributed by atoms with Crippen molar-refractivity contribution in [2.45, 2.75) is 44.2 Å². The molecule has 27 heavy (non-hydrogen) atoms. The van der Waals surface area contributed by atoms with Gasteiger partial charge in [0, 0.05) is 31.1 Å². The molecule has 0 aliphatic carbocycles. The van der Waals surface area contributed by atoms with Crippen LogP contribution in [-0.4, -0.2) is 42.8 Å². The number of ether oxygens (including phenoxy) is 1. The van der Waals surface area contributed by atoms with Crippen LogP contribution in [0.4, 0.5) is 13.2 Å². The van der Waals surface area contributed by atoms with Gasteiger partial charge in [-0.3, -0.25) is 0 Å². The average molecular weight is 404 g/mol. The van der Waals surface area contributed by atoms with Gasteiger partial charge < -0.3 is 15.4 Å². The number of benzene rings is 1. The number of hydrogen-bond donors (Lipinski definition) is 2. The van der Waals surface area contributed by atoms with E-state index < -0.39 is 11.7 Å². The second-order valence-corrected chi connectivity index (χ2v) is 8.21. The number of nitrogens with one attached hydrogen (secondary N) is 2. The topological polar surface area (TPSA) is 45.7 Å². The van der Waals surface area contributed by atoms with Crippen LogP contribution in [-0.2, 0) is 17.5 Å². The standard InChI is InChI=1S/C19H28F3N3OS/c1-3-23-17(25-14-18(27-4-2)8-10-26-11-9-18)24-13-15-6-5-7-16(12-15)19(20,21)22/h5-7,12H,3-4,8-11,13-14H2,1-2H3,(H2,23,24,25). The van der Waals surface area contributed by atoms with Gasteiger partial charge in [-0.1, -0.05) is 19.1 Å². The molecular formula is C19H28F3N3OS. The highest BCUT2D eigenvalue weighted by Crippen LogP contribution is 2.34. The Balaban J connectivity index is 2.03. The van der Waals surface area contributed by atoms with Crippen LogP contribution in [0.5, 0.6) is 0 Å². The molecule has 1 aliphatic rings. The second kappa shape index (κ2) is 10.2. The van der Waals surface area contributed by atoms with E-state index in [0.717, 1.165) is 50.5 Å². The maximum atomic E-state index is 12.9. The van der Waals surface area contributed by atoms with Crippen LogP contribution in [0.3, 0.4) is 0 Å². The van der Waals surface area contributed by atoms with Crippen LogP contribution in [0.25, 0.3) is 0 Å². The third-order valence-corrected chi connectivity index (χ3v) is 5.90. The lowest BCUT2D eigenvalue weighted by molar-refractivity contribution is -0.137. The molecule has 8 heteroatoms. The zero-order valence-electron chi connectivity index (χ0n) is 15.9. The van der Waals surface area contributed by atoms with E-state index in [1.165, 1.54) is 6.07 Å². The maximum absolute atomic E-state index is 12.9. The molecule has 0 saturated carbocycles. The highest BCUT2D eigenvalue weighted by molar-refractivity contribution is 8.00. The zero-order valence-corrected chi connectivity index (χ0v) is 16.7. The third-order valence-electron chi connectivity index (χ3n) is 4.45. The first-order valence-electron chi connectivity index (χ1n) is 9.28. The van der Waals surface area contributed by atoms with Gasteiger partial charge in [0.2, 0.25) is 0 Å². The molecule has 4 nitrogen and oxygen atoms in total. The monoisotopic (exact) mass is 403 g/mol. The Morgan fingerprint density at radius 1 is 1.22 bits per heavy atom. The second-order valence-electron chi connectivity index (χ2n) is 6.48. The van der Waals surface area contributed by atoms with Gasteiger partial charge in [0.15, 0.2) is 5.96 Å². The van der Waals surface area contributed by atoms with Crippen molar-refractivity contribution in [3.05, 3.63) is 35.4 Å². The molecule has 1 aliphatic heterocycles. The van der Waals surface area contributed by atoms with Crippen LogP contribution in [0.2, 0.25) is 0 Å². The van der Waals surface area contributed by atoms with E-state index in [9.17, 15) is 13.2 Å². The largest absolute Gasteiger partial charge is 0.416 e. The molecule has 0 amide bonds. The lowest BCUT2D eigenvalue weighted by Gasteiger charge is -2.37. The number of guanidine groups is 1. The van der Waals surface area contributed by atoms with Crippen molar-refractivity contribution in [1.82, 2.24) is 10.6 Å². The highest BCUT2D eigenvalue weighted by Gasteiger charge is 2.33. The van der Waals surface area contributed by atoms with Crippen molar-refractivity contribution < 1.29 is 17.9 Å². The lowest BCUT2D eigenvalue weighted by Crippen LogP contribution is -2.48. The maximum Gasteiger partial charge on any atom is 0.416 e. The van der Waals surface area contributed by atoms with Crippen LogP contribution < -0.4 is 10.6 Å². The van der Waals surface area contributed by atoms with E-state index in [0.29, 0.717) is 18.1 Å². The summed E-state index contributed by atoms with van der Waals surface area (Å²) < 4.78 is 44.2. The summed E-state index contributed by atoms with van der Waals surface area (Å²) in [5.41, 5.74) is -0.112. The fourth-order valence-corrected chi connectivity index (χ4v) is 4.27. The molecule has 1 heterocycles. The first-order valence-corrected chi connectivity index (χ1v) is 10.3. The summed E-state index contributed by atoms with van der Waals surface area (Å²) in [6.45, 7) is 7.26. The minimum absolute atomic E-state index is 0.111. The molecule has 0 spiro atoms. The molecule has 2 rings (SSSR count). The molecule has 0 radical (unpaired) electrons. The molecule has 0 bridgehead atoms. The fourth-order valence-electron chi connectivity index (χ4n) is 3.02. The van der Waals surface area contributed by atoms with Crippen molar-refractivity contribution in [2.75, 3.05) is 32.1 Å².